The van der Waals surface area contributed by atoms with Crippen molar-refractivity contribution in [2.45, 2.75) is 159 Å². The van der Waals surface area contributed by atoms with Crippen LogP contribution in [0.4, 0.5) is 4.39 Å². The predicted octanol–water partition coefficient (Wildman–Crippen LogP) is 20.1. The predicted molar refractivity (Wildman–Crippen MR) is 548 cm³/mol. The SMILES string of the molecule is C.CCC(O)COc1cc(Cl)c(-c2noc(-c3cn4cc(C(C)(C)O)ncc4n3)n2)cc1Cl.CCC(O)COc1cc(Cl)c(-c2noc(-c3cn4cc(C)nc(C)c4n3)n2)cc1Cl.CCC(O)COc1cc(Cl)c(-c2noc(-c3cn4cc(C)ncc4n3)n2)cc1Cl.CCC(O)COc1ccc(-c2noc(-c3cn4cc(C)ncc4n3)n2)c(Cl)c1.CCC(O)COc1ccc(-c2noc(-c3cn4cc(C)ncc4n3)n2)cc1F. The van der Waals surface area contributed by atoms with Crippen LogP contribution < -0.4 is 23.7 Å². The molecule has 20 rings (SSSR count). The molecule has 0 aliphatic carbocycles. The topological polar surface area (TPSA) is 513 Å². The Morgan fingerprint density at radius 1 is 0.331 bits per heavy atom. The molecule has 5 unspecified atom stereocenters. The van der Waals surface area contributed by atoms with Gasteiger partial charge in [0.15, 0.2) is 39.8 Å². The van der Waals surface area contributed by atoms with Crippen LogP contribution in [-0.4, -0.2) is 217 Å². The van der Waals surface area contributed by atoms with E-state index >= 15 is 0 Å². The molecule has 0 fully saturated rings. The minimum atomic E-state index is -1.09. The van der Waals surface area contributed by atoms with E-state index in [-0.39, 0.29) is 93.1 Å². The van der Waals surface area contributed by atoms with Gasteiger partial charge < -0.3 is 98.9 Å². The van der Waals surface area contributed by atoms with E-state index in [1.807, 2.05) is 112 Å². The van der Waals surface area contributed by atoms with Crippen LogP contribution in [-0.2, 0) is 5.60 Å². The van der Waals surface area contributed by atoms with E-state index in [1.165, 1.54) is 12.1 Å². The number of hydrogen-bond donors (Lipinski definition) is 6. The Kier molecular flexibility index (Phi) is 34.7. The van der Waals surface area contributed by atoms with E-state index in [9.17, 15) is 35.0 Å². The van der Waals surface area contributed by atoms with E-state index < -0.39 is 41.9 Å². The van der Waals surface area contributed by atoms with Gasteiger partial charge in [0, 0.05) is 108 Å². The van der Waals surface area contributed by atoms with E-state index in [0.717, 1.165) is 28.5 Å². The second-order valence-electron chi connectivity index (χ2n) is 33.9. The molecule has 0 amide bonds. The fraction of sp³-hybridized carbons (Fsp3) is 0.293. The van der Waals surface area contributed by atoms with Crippen LogP contribution in [0.5, 0.6) is 28.7 Å². The Hall–Kier alpha value is -14.4. The van der Waals surface area contributed by atoms with Gasteiger partial charge in [-0.25, -0.2) is 29.3 Å². The quantitative estimate of drug-likeness (QED) is 0.0235. The van der Waals surface area contributed by atoms with Crippen LogP contribution in [0.2, 0.25) is 35.2 Å². The van der Waals surface area contributed by atoms with Crippen molar-refractivity contribution in [1.82, 2.24) is 123 Å². The second kappa shape index (κ2) is 47.6. The maximum atomic E-state index is 14.3. The van der Waals surface area contributed by atoms with Gasteiger partial charge in [0.1, 0.15) is 90.1 Å². The summed E-state index contributed by atoms with van der Waals surface area (Å²) in [4.78, 5) is 65.4. The first-order chi connectivity index (χ1) is 70.5. The summed E-state index contributed by atoms with van der Waals surface area (Å²) in [7, 11) is 0. The zero-order chi connectivity index (χ0) is 104. The number of aromatic nitrogens is 25. The molecule has 41 nitrogen and oxygen atoms in total. The minimum Gasteiger partial charge on any atom is -0.491 e. The Morgan fingerprint density at radius 3 is 1.01 bits per heavy atom. The molecule has 0 aliphatic rings. The molecule has 0 aliphatic heterocycles. The first kappa shape index (κ1) is 108. The summed E-state index contributed by atoms with van der Waals surface area (Å²) >= 11 is 44.4. The van der Waals surface area contributed by atoms with Gasteiger partial charge in [-0.05, 0) is 135 Å². The lowest BCUT2D eigenvalue weighted by molar-refractivity contribution is 0.0733. The Labute approximate surface area is 877 Å². The van der Waals surface area contributed by atoms with Crippen molar-refractivity contribution < 1.29 is 81.3 Å². The maximum Gasteiger partial charge on any atom is 0.278 e. The number of imidazole rings is 5. The second-order valence-corrected chi connectivity index (χ2v) is 36.7. The van der Waals surface area contributed by atoms with Crippen LogP contribution in [0.3, 0.4) is 0 Å². The average Bonchev–Trinajstić information content (AvgIpc) is 1.65. The number of aliphatic hydroxyl groups is 6. The summed E-state index contributed by atoms with van der Waals surface area (Å²) in [5.74, 6) is 3.74. The van der Waals surface area contributed by atoms with Gasteiger partial charge in [-0.3, -0.25) is 24.9 Å². The highest BCUT2D eigenvalue weighted by Gasteiger charge is 2.28. The first-order valence-electron chi connectivity index (χ1n) is 45.7. The zero-order valence-corrected chi connectivity index (χ0v) is 85.7. The average molecular weight is 2160 g/mol. The number of aliphatic hydroxyl groups excluding tert-OH is 5. The standard InChI is InChI=1S/C21H21Cl2N5O4.C20H19Cl2N5O3.C19H17Cl2N5O3.C19H18ClN5O3.C19H18FN5O3.CH4/c1-4-11(29)10-31-16-6-13(22)12(5-14(16)23)19-26-20(32-27-19)15-8-28-9-17(21(2,3)30)24-7-18(28)25-15;1-4-12(28)9-29-17-6-14(21)13(5-15(17)22)18-25-20(30-26-18)16-8-27-7-10(2)23-11(3)19(27)24-16;1-3-11(27)9-28-16-5-13(20)12(4-14(16)21)18-24-19(29-25-18)15-8-26-7-10(2)22-6-17(26)23-15;1-3-12(26)10-27-13-4-5-14(15(20)6-13)18-23-19(28-24-18)16-9-25-8-11(2)21-7-17(25)22-16;1-3-13(26)10-27-16-5-4-12(6-14(16)20)18-23-19(28-24-18)15-9-25-8-11(2)21-7-17(25)22-15;/h5-9,11,29-30H,4,10H2,1-3H3;5-8,12,28H,4,9H2,1-3H3;4-8,11,27H,3,9H2,1-2H3;4-9,12,26H,3,10H2,1-2H3;4-9,13,26H,3,10H2,1-2H3;1H4. The number of benzene rings is 5. The lowest BCUT2D eigenvalue weighted by Crippen LogP contribution is -2.18. The van der Waals surface area contributed by atoms with Crippen molar-refractivity contribution in [3.63, 3.8) is 0 Å². The molecule has 15 aromatic heterocycles. The van der Waals surface area contributed by atoms with E-state index in [2.05, 4.69) is 101 Å². The molecule has 0 radical (unpaired) electrons. The molecule has 0 bridgehead atoms. The number of hydrogen-bond acceptors (Lipinski definition) is 36. The zero-order valence-electron chi connectivity index (χ0n) is 80.4. The Morgan fingerprint density at radius 2 is 0.649 bits per heavy atom. The molecular formula is C99H97Cl7FN25O16. The number of ether oxygens (including phenoxy) is 5. The fourth-order valence-corrected chi connectivity index (χ4v) is 15.3. The van der Waals surface area contributed by atoms with Crippen LogP contribution >= 0.6 is 81.2 Å². The molecule has 770 valence electrons. The summed E-state index contributed by atoms with van der Waals surface area (Å²) in [6.45, 7) is 22.7. The molecule has 5 atom stereocenters. The largest absolute Gasteiger partial charge is 0.491 e. The maximum absolute atomic E-state index is 14.3. The third-order valence-corrected chi connectivity index (χ3v) is 24.2. The molecule has 0 saturated carbocycles. The smallest absolute Gasteiger partial charge is 0.278 e. The Balaban J connectivity index is 0.000000138. The van der Waals surface area contributed by atoms with Crippen molar-refractivity contribution in [3.05, 3.63) is 235 Å². The molecule has 49 heteroatoms. The van der Waals surface area contributed by atoms with Crippen LogP contribution in [0, 0.1) is 40.4 Å². The highest BCUT2D eigenvalue weighted by molar-refractivity contribution is 6.38. The van der Waals surface area contributed by atoms with Crippen molar-refractivity contribution in [3.8, 4) is 144 Å². The lowest BCUT2D eigenvalue weighted by atomic mass is 10.1. The monoisotopic (exact) mass is 2160 g/mol. The third kappa shape index (κ3) is 26.0. The number of aryl methyl sites for hydroxylation is 5. The van der Waals surface area contributed by atoms with Crippen LogP contribution in [0.15, 0.2) is 182 Å². The fourth-order valence-electron chi connectivity index (χ4n) is 13.7. The molecule has 5 aromatic carbocycles. The lowest BCUT2D eigenvalue weighted by Gasteiger charge is -2.15. The molecule has 148 heavy (non-hydrogen) atoms. The normalized spacial score (nSPS) is 12.5. The van der Waals surface area contributed by atoms with Gasteiger partial charge >= 0.3 is 0 Å². The summed E-state index contributed by atoms with van der Waals surface area (Å²) in [5.41, 5.74) is 12.0. The van der Waals surface area contributed by atoms with Gasteiger partial charge in [-0.2, -0.15) is 24.9 Å². The Bertz CT molecular complexity index is 8060. The first-order valence-corrected chi connectivity index (χ1v) is 48.3. The summed E-state index contributed by atoms with van der Waals surface area (Å²) in [6.07, 6.45) is 24.5. The molecule has 20 aromatic rings. The van der Waals surface area contributed by atoms with Crippen molar-refractivity contribution in [1.29, 1.82) is 0 Å². The summed E-state index contributed by atoms with van der Waals surface area (Å²) in [6, 6.07) is 19.0. The number of rotatable bonds is 31. The molecule has 6 N–H and O–H groups in total. The molecular weight excluding hydrogens is 2060 g/mol. The summed E-state index contributed by atoms with van der Waals surface area (Å²) in [5, 5.41) is 80.6. The van der Waals surface area contributed by atoms with E-state index in [0.29, 0.717) is 192 Å². The molecule has 0 spiro atoms. The van der Waals surface area contributed by atoms with Crippen LogP contribution in [0.25, 0.3) is 143 Å². The highest BCUT2D eigenvalue weighted by Crippen LogP contribution is 2.42. The van der Waals surface area contributed by atoms with Crippen molar-refractivity contribution in [2.24, 2.45) is 0 Å². The highest BCUT2D eigenvalue weighted by atomic mass is 35.5. The van der Waals surface area contributed by atoms with Crippen molar-refractivity contribution in [2.75, 3.05) is 33.0 Å². The molecule has 0 saturated heterocycles. The van der Waals surface area contributed by atoms with Gasteiger partial charge in [0.05, 0.1) is 125 Å². The van der Waals surface area contributed by atoms with E-state index in [4.69, 9.17) is 128 Å². The molecule has 15 heterocycles. The number of fused-ring (bicyclic) bond motifs is 5. The van der Waals surface area contributed by atoms with E-state index in [1.54, 1.807) is 141 Å². The van der Waals surface area contributed by atoms with Gasteiger partial charge in [-0.1, -0.05) is 149 Å². The van der Waals surface area contributed by atoms with Crippen molar-refractivity contribution >= 4 is 109 Å². The van der Waals surface area contributed by atoms with Gasteiger partial charge in [0.25, 0.3) is 29.5 Å². The number of nitrogens with zero attached hydrogens (tertiary/aromatic N) is 25. The summed E-state index contributed by atoms with van der Waals surface area (Å²) < 4.78 is 77.6. The van der Waals surface area contributed by atoms with Gasteiger partial charge in [-0.15, -0.1) is 0 Å². The number of halogens is 8. The minimum absolute atomic E-state index is 0. The van der Waals surface area contributed by atoms with Crippen LogP contribution in [0.1, 0.15) is 122 Å². The third-order valence-electron chi connectivity index (χ3n) is 22.0. The van der Waals surface area contributed by atoms with Gasteiger partial charge in [0.2, 0.25) is 29.1 Å².